The maximum Gasteiger partial charge on any atom is 0.0385 e. The van der Waals surface area contributed by atoms with E-state index in [1.807, 2.05) is 6.92 Å². The first-order valence-electron chi connectivity index (χ1n) is 2.43. The van der Waals surface area contributed by atoms with Gasteiger partial charge in [-0.1, -0.05) is 13.0 Å². The van der Waals surface area contributed by atoms with Crippen LogP contribution in [0, 0.1) is 0 Å². The zero-order chi connectivity index (χ0) is 5.70. The first-order chi connectivity index (χ1) is 3.35. The van der Waals surface area contributed by atoms with E-state index >= 15 is 0 Å². The molecule has 3 N–H and O–H groups in total. The van der Waals surface area contributed by atoms with Crippen molar-refractivity contribution in [2.75, 3.05) is 0 Å². The summed E-state index contributed by atoms with van der Waals surface area (Å²) in [7, 11) is 0. The van der Waals surface area contributed by atoms with E-state index in [0.717, 1.165) is 6.42 Å². The SMILES string of the molecule is C=CC(CC)NN.Cl. The van der Waals surface area contributed by atoms with E-state index in [2.05, 4.69) is 12.0 Å². The summed E-state index contributed by atoms with van der Waals surface area (Å²) in [6.45, 7) is 5.61. The maximum absolute atomic E-state index is 5.07. The monoisotopic (exact) mass is 136 g/mol. The standard InChI is InChI=1S/C5H12N2.ClH/c1-3-5(4-2)7-6;/h3,5,7H,1,4,6H2,2H3;1H. The van der Waals surface area contributed by atoms with Crippen molar-refractivity contribution >= 4 is 12.4 Å². The number of hydrogen-bond donors (Lipinski definition) is 2. The summed E-state index contributed by atoms with van der Waals surface area (Å²) in [6.07, 6.45) is 2.79. The highest BCUT2D eigenvalue weighted by atomic mass is 35.5. The molecule has 0 saturated carbocycles. The number of halogens is 1. The predicted octanol–water partition coefficient (Wildman–Crippen LogP) is 0.836. The lowest BCUT2D eigenvalue weighted by molar-refractivity contribution is 0.604. The molecule has 0 amide bonds. The molecular weight excluding hydrogens is 124 g/mol. The lowest BCUT2D eigenvalue weighted by Gasteiger charge is -2.04. The first kappa shape index (κ1) is 10.8. The Balaban J connectivity index is 0. The molecule has 0 bridgehead atoms. The maximum atomic E-state index is 5.07. The van der Waals surface area contributed by atoms with Crippen LogP contribution in [0.3, 0.4) is 0 Å². The number of nitrogens with two attached hydrogens (primary N) is 1. The van der Waals surface area contributed by atoms with Crippen LogP contribution in [0.15, 0.2) is 12.7 Å². The molecule has 0 aromatic rings. The topological polar surface area (TPSA) is 38.0 Å². The number of hydrogen-bond acceptors (Lipinski definition) is 2. The summed E-state index contributed by atoms with van der Waals surface area (Å²) >= 11 is 0. The molecule has 0 aliphatic rings. The highest BCUT2D eigenvalue weighted by molar-refractivity contribution is 5.85. The highest BCUT2D eigenvalue weighted by Gasteiger charge is 1.91. The smallest absolute Gasteiger partial charge is 0.0385 e. The Morgan fingerprint density at radius 2 is 2.38 bits per heavy atom. The van der Waals surface area contributed by atoms with Crippen molar-refractivity contribution in [2.24, 2.45) is 5.84 Å². The van der Waals surface area contributed by atoms with Gasteiger partial charge in [0.05, 0.1) is 0 Å². The largest absolute Gasteiger partial charge is 0.271 e. The molecular formula is C5H13ClN2. The van der Waals surface area contributed by atoms with E-state index < -0.39 is 0 Å². The molecule has 50 valence electrons. The van der Waals surface area contributed by atoms with Gasteiger partial charge in [0.2, 0.25) is 0 Å². The third-order valence-electron chi connectivity index (χ3n) is 0.938. The molecule has 0 saturated heterocycles. The summed E-state index contributed by atoms with van der Waals surface area (Å²) < 4.78 is 0. The second kappa shape index (κ2) is 6.95. The molecule has 0 fully saturated rings. The van der Waals surface area contributed by atoms with Crippen molar-refractivity contribution in [2.45, 2.75) is 19.4 Å². The lowest BCUT2D eigenvalue weighted by Crippen LogP contribution is -2.32. The Labute approximate surface area is 56.5 Å². The van der Waals surface area contributed by atoms with Crippen molar-refractivity contribution in [3.63, 3.8) is 0 Å². The molecule has 0 rings (SSSR count). The van der Waals surface area contributed by atoms with Crippen molar-refractivity contribution < 1.29 is 0 Å². The summed E-state index contributed by atoms with van der Waals surface area (Å²) in [6, 6.07) is 0.278. The fraction of sp³-hybridized carbons (Fsp3) is 0.600. The Hall–Kier alpha value is -0.0500. The van der Waals surface area contributed by atoms with Gasteiger partial charge in [0.1, 0.15) is 0 Å². The first-order valence-corrected chi connectivity index (χ1v) is 2.43. The van der Waals surface area contributed by atoms with Crippen LogP contribution in [-0.4, -0.2) is 6.04 Å². The fourth-order valence-corrected chi connectivity index (χ4v) is 0.353. The number of rotatable bonds is 3. The van der Waals surface area contributed by atoms with Gasteiger partial charge in [0, 0.05) is 6.04 Å². The number of nitrogens with one attached hydrogen (secondary N) is 1. The predicted molar refractivity (Wildman–Crippen MR) is 38.8 cm³/mol. The second-order valence-corrected chi connectivity index (χ2v) is 1.42. The molecule has 0 aliphatic carbocycles. The van der Waals surface area contributed by atoms with E-state index in [-0.39, 0.29) is 18.4 Å². The quantitative estimate of drug-likeness (QED) is 0.343. The Bertz CT molecular complexity index is 52.4. The highest BCUT2D eigenvalue weighted by Crippen LogP contribution is 1.85. The summed E-state index contributed by atoms with van der Waals surface area (Å²) in [5.41, 5.74) is 2.58. The van der Waals surface area contributed by atoms with Crippen LogP contribution in [0.4, 0.5) is 0 Å². The van der Waals surface area contributed by atoms with Crippen LogP contribution in [-0.2, 0) is 0 Å². The van der Waals surface area contributed by atoms with Gasteiger partial charge in [0.25, 0.3) is 0 Å². The van der Waals surface area contributed by atoms with Crippen molar-refractivity contribution in [1.82, 2.24) is 5.43 Å². The van der Waals surface area contributed by atoms with Gasteiger partial charge in [-0.3, -0.25) is 11.3 Å². The van der Waals surface area contributed by atoms with Crippen molar-refractivity contribution in [3.05, 3.63) is 12.7 Å². The molecule has 0 aromatic carbocycles. The van der Waals surface area contributed by atoms with E-state index in [9.17, 15) is 0 Å². The van der Waals surface area contributed by atoms with Gasteiger partial charge in [-0.25, -0.2) is 0 Å². The van der Waals surface area contributed by atoms with Gasteiger partial charge in [-0.2, -0.15) is 0 Å². The van der Waals surface area contributed by atoms with Crippen molar-refractivity contribution in [3.8, 4) is 0 Å². The number of hydrazine groups is 1. The average molecular weight is 137 g/mol. The molecule has 3 heteroatoms. The Kier molecular flexibility index (Phi) is 9.42. The summed E-state index contributed by atoms with van der Waals surface area (Å²) in [5, 5.41) is 0. The van der Waals surface area contributed by atoms with E-state index in [4.69, 9.17) is 5.84 Å². The molecule has 1 unspecified atom stereocenters. The fourth-order valence-electron chi connectivity index (χ4n) is 0.353. The normalized spacial score (nSPS) is 11.8. The molecule has 0 aliphatic heterocycles. The van der Waals surface area contributed by atoms with Gasteiger partial charge in [0.15, 0.2) is 0 Å². The van der Waals surface area contributed by atoms with Crippen molar-refractivity contribution in [1.29, 1.82) is 0 Å². The molecule has 0 aromatic heterocycles. The van der Waals surface area contributed by atoms with Gasteiger partial charge in [-0.05, 0) is 6.42 Å². The van der Waals surface area contributed by atoms with Crippen LogP contribution in [0.1, 0.15) is 13.3 Å². The third kappa shape index (κ3) is 4.12. The van der Waals surface area contributed by atoms with Gasteiger partial charge >= 0.3 is 0 Å². The van der Waals surface area contributed by atoms with Gasteiger partial charge in [-0.15, -0.1) is 19.0 Å². The van der Waals surface area contributed by atoms with Crippen LogP contribution in [0.25, 0.3) is 0 Å². The Morgan fingerprint density at radius 3 is 2.38 bits per heavy atom. The molecule has 1 atom stereocenters. The van der Waals surface area contributed by atoms with Crippen LogP contribution >= 0.6 is 12.4 Å². The zero-order valence-electron chi connectivity index (χ0n) is 5.05. The minimum absolute atomic E-state index is 0. The molecule has 0 heterocycles. The van der Waals surface area contributed by atoms with Gasteiger partial charge < -0.3 is 0 Å². The van der Waals surface area contributed by atoms with Crippen LogP contribution < -0.4 is 11.3 Å². The summed E-state index contributed by atoms with van der Waals surface area (Å²) in [5.74, 6) is 5.07. The Morgan fingerprint density at radius 1 is 1.88 bits per heavy atom. The average Bonchev–Trinajstić information content (AvgIpc) is 1.72. The molecule has 0 radical (unpaired) electrons. The minimum Gasteiger partial charge on any atom is -0.271 e. The molecule has 0 spiro atoms. The van der Waals surface area contributed by atoms with E-state index in [0.29, 0.717) is 0 Å². The molecule has 2 nitrogen and oxygen atoms in total. The zero-order valence-corrected chi connectivity index (χ0v) is 5.87. The molecule has 8 heavy (non-hydrogen) atoms. The minimum atomic E-state index is 0. The van der Waals surface area contributed by atoms with Crippen LogP contribution in [0.2, 0.25) is 0 Å². The van der Waals surface area contributed by atoms with Crippen LogP contribution in [0.5, 0.6) is 0 Å². The van der Waals surface area contributed by atoms with E-state index in [1.54, 1.807) is 6.08 Å². The third-order valence-corrected chi connectivity index (χ3v) is 0.938. The second-order valence-electron chi connectivity index (χ2n) is 1.42. The lowest BCUT2D eigenvalue weighted by atomic mass is 10.2. The van der Waals surface area contributed by atoms with E-state index in [1.165, 1.54) is 0 Å². The summed E-state index contributed by atoms with van der Waals surface area (Å²) in [4.78, 5) is 0.